The van der Waals surface area contributed by atoms with Crippen molar-refractivity contribution in [2.75, 3.05) is 13.1 Å². The number of benzene rings is 2. The summed E-state index contributed by atoms with van der Waals surface area (Å²) in [5.41, 5.74) is 3.16. The number of rotatable bonds is 7. The van der Waals surface area contributed by atoms with Gasteiger partial charge in [0.15, 0.2) is 5.78 Å². The predicted molar refractivity (Wildman–Crippen MR) is 106 cm³/mol. The fourth-order valence-corrected chi connectivity index (χ4v) is 2.67. The van der Waals surface area contributed by atoms with Crippen LogP contribution in [0.25, 0.3) is 0 Å². The standard InChI is InChI=1S/C22H26N2O3/c1-14(2)21(26)23-11-12-24-22(27)18-8-6-5-7-17(18)20(25)19-13-15(3)9-10-16(19)4/h5-10,13-14H,11-12H2,1-4H3,(H,23,26)(H,24,27). The number of aryl methyl sites for hydroxylation is 2. The Balaban J connectivity index is 2.13. The second-order valence-corrected chi connectivity index (χ2v) is 6.89. The molecule has 2 rings (SSSR count). The molecule has 0 unspecified atom stereocenters. The molecule has 0 spiro atoms. The van der Waals surface area contributed by atoms with Crippen LogP contribution in [0.15, 0.2) is 42.5 Å². The Kier molecular flexibility index (Phi) is 6.88. The van der Waals surface area contributed by atoms with Crippen molar-refractivity contribution in [3.8, 4) is 0 Å². The Bertz CT molecular complexity index is 856. The molecule has 0 fully saturated rings. The monoisotopic (exact) mass is 366 g/mol. The minimum atomic E-state index is -0.331. The van der Waals surface area contributed by atoms with E-state index in [1.165, 1.54) is 0 Å². The summed E-state index contributed by atoms with van der Waals surface area (Å²) in [6.45, 7) is 8.07. The fourth-order valence-electron chi connectivity index (χ4n) is 2.67. The molecule has 5 nitrogen and oxygen atoms in total. The van der Waals surface area contributed by atoms with Crippen LogP contribution in [0.1, 0.15) is 51.3 Å². The minimum absolute atomic E-state index is 0.0604. The maximum atomic E-state index is 13.0. The van der Waals surface area contributed by atoms with Crippen molar-refractivity contribution in [1.82, 2.24) is 10.6 Å². The highest BCUT2D eigenvalue weighted by Gasteiger charge is 2.19. The van der Waals surface area contributed by atoms with Crippen LogP contribution in [0.4, 0.5) is 0 Å². The third kappa shape index (κ3) is 5.26. The van der Waals surface area contributed by atoms with Crippen molar-refractivity contribution in [3.63, 3.8) is 0 Å². The van der Waals surface area contributed by atoms with Gasteiger partial charge in [-0.1, -0.05) is 49.7 Å². The summed E-state index contributed by atoms with van der Waals surface area (Å²) in [7, 11) is 0. The van der Waals surface area contributed by atoms with Crippen LogP contribution in [-0.2, 0) is 4.79 Å². The SMILES string of the molecule is Cc1ccc(C)c(C(=O)c2ccccc2C(=O)NCCNC(=O)C(C)C)c1. The van der Waals surface area contributed by atoms with Gasteiger partial charge in [0, 0.05) is 30.1 Å². The number of ketones is 1. The minimum Gasteiger partial charge on any atom is -0.354 e. The number of hydrogen-bond acceptors (Lipinski definition) is 3. The van der Waals surface area contributed by atoms with Crippen molar-refractivity contribution in [2.24, 2.45) is 5.92 Å². The van der Waals surface area contributed by atoms with Gasteiger partial charge in [0.25, 0.3) is 5.91 Å². The molecule has 0 radical (unpaired) electrons. The van der Waals surface area contributed by atoms with Crippen molar-refractivity contribution in [2.45, 2.75) is 27.7 Å². The van der Waals surface area contributed by atoms with Crippen LogP contribution in [-0.4, -0.2) is 30.7 Å². The maximum Gasteiger partial charge on any atom is 0.252 e. The molecule has 0 atom stereocenters. The third-order valence-corrected chi connectivity index (χ3v) is 4.29. The van der Waals surface area contributed by atoms with Gasteiger partial charge < -0.3 is 10.6 Å². The van der Waals surface area contributed by atoms with E-state index in [4.69, 9.17) is 0 Å². The van der Waals surface area contributed by atoms with E-state index in [0.717, 1.165) is 11.1 Å². The van der Waals surface area contributed by atoms with Gasteiger partial charge in [0.1, 0.15) is 0 Å². The van der Waals surface area contributed by atoms with Gasteiger partial charge in [-0.05, 0) is 31.5 Å². The molecular formula is C22H26N2O3. The Hall–Kier alpha value is -2.95. The second kappa shape index (κ2) is 9.12. The highest BCUT2D eigenvalue weighted by molar-refractivity contribution is 6.15. The Morgan fingerprint density at radius 1 is 0.852 bits per heavy atom. The molecule has 0 aromatic heterocycles. The fraction of sp³-hybridized carbons (Fsp3) is 0.318. The molecule has 5 heteroatoms. The van der Waals surface area contributed by atoms with Gasteiger partial charge in [-0.25, -0.2) is 0 Å². The highest BCUT2D eigenvalue weighted by atomic mass is 16.2. The van der Waals surface area contributed by atoms with Crippen LogP contribution in [0, 0.1) is 19.8 Å². The molecule has 0 aliphatic rings. The second-order valence-electron chi connectivity index (χ2n) is 6.89. The summed E-state index contributed by atoms with van der Waals surface area (Å²) in [6.07, 6.45) is 0. The van der Waals surface area contributed by atoms with Crippen molar-refractivity contribution < 1.29 is 14.4 Å². The smallest absolute Gasteiger partial charge is 0.252 e. The molecular weight excluding hydrogens is 340 g/mol. The molecule has 142 valence electrons. The summed E-state index contributed by atoms with van der Waals surface area (Å²) >= 11 is 0. The average molecular weight is 366 g/mol. The van der Waals surface area contributed by atoms with Gasteiger partial charge in [0.2, 0.25) is 5.91 Å². The number of nitrogens with one attached hydrogen (secondary N) is 2. The largest absolute Gasteiger partial charge is 0.354 e. The number of hydrogen-bond donors (Lipinski definition) is 2. The first kappa shape index (κ1) is 20.4. The van der Waals surface area contributed by atoms with Crippen molar-refractivity contribution in [3.05, 3.63) is 70.3 Å². The van der Waals surface area contributed by atoms with E-state index >= 15 is 0 Å². The van der Waals surface area contributed by atoms with E-state index < -0.39 is 0 Å². The zero-order valence-electron chi connectivity index (χ0n) is 16.3. The molecule has 0 saturated heterocycles. The first-order chi connectivity index (χ1) is 12.8. The van der Waals surface area contributed by atoms with Crippen LogP contribution in [0.2, 0.25) is 0 Å². The van der Waals surface area contributed by atoms with E-state index in [2.05, 4.69) is 10.6 Å². The molecule has 0 aliphatic heterocycles. The topological polar surface area (TPSA) is 75.3 Å². The van der Waals surface area contributed by atoms with Gasteiger partial charge in [-0.3, -0.25) is 14.4 Å². The summed E-state index contributed by atoms with van der Waals surface area (Å²) in [5.74, 6) is -0.663. The number of amides is 2. The summed E-state index contributed by atoms with van der Waals surface area (Å²) < 4.78 is 0. The zero-order valence-corrected chi connectivity index (χ0v) is 16.3. The van der Waals surface area contributed by atoms with Crippen LogP contribution in [0.3, 0.4) is 0 Å². The predicted octanol–water partition coefficient (Wildman–Crippen LogP) is 3.04. The van der Waals surface area contributed by atoms with E-state index in [1.807, 2.05) is 45.9 Å². The highest BCUT2D eigenvalue weighted by Crippen LogP contribution is 2.19. The van der Waals surface area contributed by atoms with E-state index in [-0.39, 0.29) is 23.5 Å². The van der Waals surface area contributed by atoms with Crippen molar-refractivity contribution >= 4 is 17.6 Å². The first-order valence-electron chi connectivity index (χ1n) is 9.08. The van der Waals surface area contributed by atoms with Gasteiger partial charge >= 0.3 is 0 Å². The Morgan fingerprint density at radius 3 is 2.15 bits per heavy atom. The van der Waals surface area contributed by atoms with E-state index in [1.54, 1.807) is 24.3 Å². The lowest BCUT2D eigenvalue weighted by Crippen LogP contribution is -2.36. The number of carbonyl (C=O) groups excluding carboxylic acids is 3. The quantitative estimate of drug-likeness (QED) is 0.584. The van der Waals surface area contributed by atoms with E-state index in [9.17, 15) is 14.4 Å². The molecule has 2 aromatic rings. The van der Waals surface area contributed by atoms with E-state index in [0.29, 0.717) is 29.8 Å². The molecule has 2 amide bonds. The van der Waals surface area contributed by atoms with Gasteiger partial charge in [0.05, 0.1) is 5.56 Å². The first-order valence-corrected chi connectivity index (χ1v) is 9.08. The molecule has 2 N–H and O–H groups in total. The molecule has 0 heterocycles. The zero-order chi connectivity index (χ0) is 20.0. The molecule has 2 aromatic carbocycles. The lowest BCUT2D eigenvalue weighted by molar-refractivity contribution is -0.123. The van der Waals surface area contributed by atoms with Crippen LogP contribution < -0.4 is 10.6 Å². The summed E-state index contributed by atoms with van der Waals surface area (Å²) in [5, 5.41) is 5.51. The molecule has 0 saturated carbocycles. The van der Waals surface area contributed by atoms with Crippen LogP contribution in [0.5, 0.6) is 0 Å². The molecule has 0 bridgehead atoms. The third-order valence-electron chi connectivity index (χ3n) is 4.29. The lowest BCUT2D eigenvalue weighted by atomic mass is 9.94. The Labute approximate surface area is 160 Å². The maximum absolute atomic E-state index is 13.0. The normalized spacial score (nSPS) is 10.6. The molecule has 0 aliphatic carbocycles. The lowest BCUT2D eigenvalue weighted by Gasteiger charge is -2.12. The summed E-state index contributed by atoms with van der Waals surface area (Å²) in [4.78, 5) is 37.1. The average Bonchev–Trinajstić information content (AvgIpc) is 2.66. The number of carbonyl (C=O) groups is 3. The summed E-state index contributed by atoms with van der Waals surface area (Å²) in [6, 6.07) is 12.5. The Morgan fingerprint density at radius 2 is 1.48 bits per heavy atom. The molecule has 27 heavy (non-hydrogen) atoms. The van der Waals surface area contributed by atoms with Gasteiger partial charge in [-0.2, -0.15) is 0 Å². The van der Waals surface area contributed by atoms with Gasteiger partial charge in [-0.15, -0.1) is 0 Å². The van der Waals surface area contributed by atoms with Crippen LogP contribution >= 0.6 is 0 Å². The van der Waals surface area contributed by atoms with Crippen molar-refractivity contribution in [1.29, 1.82) is 0 Å².